The lowest BCUT2D eigenvalue weighted by Gasteiger charge is -2.10. The normalized spacial score (nSPS) is 13.7. The molecule has 0 unspecified atom stereocenters. The molecule has 0 atom stereocenters. The standard InChI is InChI=1S/C29H29NO4/c1-18-6-5-7-21(14-18)30-29(32)17-25-19(2)23(24-12-10-22(33-3)16-26(24)25)11-8-20-9-13-27(31)28(15-20)34-4/h5-7,9-16,31H,8,17H2,1-4H3,(H,30,32)/b23-11-. The first kappa shape index (κ1) is 23.2. The summed E-state index contributed by atoms with van der Waals surface area (Å²) in [7, 11) is 3.19. The van der Waals surface area contributed by atoms with Crippen molar-refractivity contribution in [1.82, 2.24) is 0 Å². The van der Waals surface area contributed by atoms with Crippen LogP contribution in [0.3, 0.4) is 0 Å². The van der Waals surface area contributed by atoms with Crippen LogP contribution < -0.4 is 14.8 Å². The Hall–Kier alpha value is -3.99. The highest BCUT2D eigenvalue weighted by molar-refractivity contribution is 6.07. The van der Waals surface area contributed by atoms with Gasteiger partial charge in [0, 0.05) is 5.69 Å². The zero-order chi connectivity index (χ0) is 24.2. The molecule has 1 aliphatic rings. The number of rotatable bonds is 7. The molecule has 0 spiro atoms. The average molecular weight is 456 g/mol. The maximum atomic E-state index is 12.9. The summed E-state index contributed by atoms with van der Waals surface area (Å²) in [6.07, 6.45) is 3.10. The molecule has 1 amide bonds. The monoisotopic (exact) mass is 455 g/mol. The van der Waals surface area contributed by atoms with E-state index in [0.29, 0.717) is 12.2 Å². The minimum atomic E-state index is -0.0572. The molecule has 0 bridgehead atoms. The number of amides is 1. The molecule has 174 valence electrons. The molecule has 0 aromatic heterocycles. The number of methoxy groups -OCH3 is 2. The largest absolute Gasteiger partial charge is 0.504 e. The molecule has 34 heavy (non-hydrogen) atoms. The van der Waals surface area contributed by atoms with Crippen LogP contribution in [0.2, 0.25) is 0 Å². The minimum Gasteiger partial charge on any atom is -0.504 e. The second kappa shape index (κ2) is 9.87. The van der Waals surface area contributed by atoms with Crippen LogP contribution in [-0.4, -0.2) is 25.2 Å². The maximum absolute atomic E-state index is 12.9. The van der Waals surface area contributed by atoms with E-state index in [1.54, 1.807) is 20.3 Å². The van der Waals surface area contributed by atoms with Crippen LogP contribution in [0.1, 0.15) is 35.6 Å². The van der Waals surface area contributed by atoms with Gasteiger partial charge in [-0.05, 0) is 95.6 Å². The van der Waals surface area contributed by atoms with Crippen LogP contribution in [0.5, 0.6) is 17.2 Å². The van der Waals surface area contributed by atoms with Crippen LogP contribution in [0.25, 0.3) is 11.1 Å². The fourth-order valence-electron chi connectivity index (χ4n) is 4.35. The molecule has 5 nitrogen and oxygen atoms in total. The summed E-state index contributed by atoms with van der Waals surface area (Å²) < 4.78 is 10.7. The third-order valence-electron chi connectivity index (χ3n) is 6.12. The summed E-state index contributed by atoms with van der Waals surface area (Å²) in [4.78, 5) is 12.9. The number of anilines is 1. The number of fused-ring (bicyclic) bond motifs is 1. The number of nitrogens with one attached hydrogen (secondary N) is 1. The highest BCUT2D eigenvalue weighted by Crippen LogP contribution is 2.44. The van der Waals surface area contributed by atoms with Crippen LogP contribution in [-0.2, 0) is 11.2 Å². The molecule has 0 saturated heterocycles. The van der Waals surface area contributed by atoms with Gasteiger partial charge in [0.2, 0.25) is 5.91 Å². The summed E-state index contributed by atoms with van der Waals surface area (Å²) in [6, 6.07) is 19.2. The third-order valence-corrected chi connectivity index (χ3v) is 6.12. The van der Waals surface area contributed by atoms with Gasteiger partial charge in [-0.25, -0.2) is 0 Å². The fraction of sp³-hybridized carbons (Fsp3) is 0.207. The van der Waals surface area contributed by atoms with Gasteiger partial charge in [-0.3, -0.25) is 4.79 Å². The molecule has 0 radical (unpaired) electrons. The first-order valence-corrected chi connectivity index (χ1v) is 11.2. The maximum Gasteiger partial charge on any atom is 0.228 e. The Balaban J connectivity index is 1.65. The van der Waals surface area contributed by atoms with Crippen molar-refractivity contribution in [1.29, 1.82) is 0 Å². The van der Waals surface area contributed by atoms with E-state index in [4.69, 9.17) is 9.47 Å². The number of aryl methyl sites for hydroxylation is 1. The summed E-state index contributed by atoms with van der Waals surface area (Å²) in [5.74, 6) is 1.27. The second-order valence-electron chi connectivity index (χ2n) is 8.44. The van der Waals surface area contributed by atoms with Crippen molar-refractivity contribution >= 4 is 22.7 Å². The van der Waals surface area contributed by atoms with Gasteiger partial charge in [0.05, 0.1) is 20.6 Å². The van der Waals surface area contributed by atoms with Gasteiger partial charge in [-0.15, -0.1) is 0 Å². The quantitative estimate of drug-likeness (QED) is 0.448. The second-order valence-corrected chi connectivity index (χ2v) is 8.44. The van der Waals surface area contributed by atoms with Crippen molar-refractivity contribution in [3.63, 3.8) is 0 Å². The number of carbonyl (C=O) groups is 1. The van der Waals surface area contributed by atoms with E-state index in [0.717, 1.165) is 50.4 Å². The number of aromatic hydroxyl groups is 1. The van der Waals surface area contributed by atoms with E-state index >= 15 is 0 Å². The van der Waals surface area contributed by atoms with Crippen molar-refractivity contribution in [2.45, 2.75) is 26.7 Å². The predicted octanol–water partition coefficient (Wildman–Crippen LogP) is 6.16. The average Bonchev–Trinajstić information content (AvgIpc) is 3.08. The highest BCUT2D eigenvalue weighted by Gasteiger charge is 2.25. The third kappa shape index (κ3) is 4.84. The summed E-state index contributed by atoms with van der Waals surface area (Å²) in [6.45, 7) is 4.06. The lowest BCUT2D eigenvalue weighted by molar-refractivity contribution is -0.115. The first-order chi connectivity index (χ1) is 16.4. The number of ether oxygens (including phenoxy) is 2. The number of hydrogen-bond acceptors (Lipinski definition) is 4. The molecule has 4 rings (SSSR count). The van der Waals surface area contributed by atoms with Gasteiger partial charge in [0.1, 0.15) is 5.75 Å². The zero-order valence-corrected chi connectivity index (χ0v) is 19.9. The Morgan fingerprint density at radius 2 is 1.79 bits per heavy atom. The molecule has 0 saturated carbocycles. The molecule has 3 aromatic rings. The van der Waals surface area contributed by atoms with Crippen molar-refractivity contribution in [2.75, 3.05) is 19.5 Å². The molecule has 0 fully saturated rings. The van der Waals surface area contributed by atoms with Crippen LogP contribution >= 0.6 is 0 Å². The predicted molar refractivity (Wildman–Crippen MR) is 136 cm³/mol. The van der Waals surface area contributed by atoms with Crippen molar-refractivity contribution in [2.24, 2.45) is 0 Å². The topological polar surface area (TPSA) is 67.8 Å². The minimum absolute atomic E-state index is 0.0572. The van der Waals surface area contributed by atoms with Gasteiger partial charge < -0.3 is 19.9 Å². The summed E-state index contributed by atoms with van der Waals surface area (Å²) in [5.41, 5.74) is 8.19. The highest BCUT2D eigenvalue weighted by atomic mass is 16.5. The van der Waals surface area contributed by atoms with Crippen LogP contribution in [0.15, 0.2) is 72.3 Å². The number of allylic oxidation sites excluding steroid dienone is 3. The number of phenolic OH excluding ortho intramolecular Hbond substituents is 1. The van der Waals surface area contributed by atoms with E-state index < -0.39 is 0 Å². The van der Waals surface area contributed by atoms with Crippen LogP contribution in [0, 0.1) is 6.92 Å². The van der Waals surface area contributed by atoms with Gasteiger partial charge in [0.25, 0.3) is 0 Å². The van der Waals surface area contributed by atoms with Crippen molar-refractivity contribution in [3.05, 3.63) is 94.6 Å². The number of benzene rings is 3. The van der Waals surface area contributed by atoms with Gasteiger partial charge in [-0.2, -0.15) is 0 Å². The molecule has 0 aliphatic heterocycles. The van der Waals surface area contributed by atoms with E-state index in [-0.39, 0.29) is 18.1 Å². The van der Waals surface area contributed by atoms with Crippen molar-refractivity contribution in [3.8, 4) is 17.2 Å². The molecule has 5 heteroatoms. The molecular formula is C29H29NO4. The zero-order valence-electron chi connectivity index (χ0n) is 19.9. The van der Waals surface area contributed by atoms with E-state index in [9.17, 15) is 9.90 Å². The Morgan fingerprint density at radius 3 is 2.53 bits per heavy atom. The first-order valence-electron chi connectivity index (χ1n) is 11.2. The summed E-state index contributed by atoms with van der Waals surface area (Å²) >= 11 is 0. The Bertz CT molecular complexity index is 1300. The Morgan fingerprint density at radius 1 is 0.971 bits per heavy atom. The van der Waals surface area contributed by atoms with Crippen molar-refractivity contribution < 1.29 is 19.4 Å². The molecular weight excluding hydrogens is 426 g/mol. The Kier molecular flexibility index (Phi) is 6.73. The van der Waals surface area contributed by atoms with Crippen LogP contribution in [0.4, 0.5) is 5.69 Å². The van der Waals surface area contributed by atoms with Gasteiger partial charge >= 0.3 is 0 Å². The Labute approximate surface area is 200 Å². The molecule has 1 aliphatic carbocycles. The molecule has 0 heterocycles. The lowest BCUT2D eigenvalue weighted by atomic mass is 10.00. The number of phenols is 1. The number of carbonyl (C=O) groups excluding carboxylic acids is 1. The summed E-state index contributed by atoms with van der Waals surface area (Å²) in [5, 5.41) is 12.9. The number of hydrogen-bond donors (Lipinski definition) is 2. The van der Waals surface area contributed by atoms with Gasteiger partial charge in [0.15, 0.2) is 11.5 Å². The smallest absolute Gasteiger partial charge is 0.228 e. The SMILES string of the molecule is COc1ccc2c(c1)C(CC(=O)Nc1cccc(C)c1)=C(C)/C2=C/Cc1ccc(O)c(OC)c1. The van der Waals surface area contributed by atoms with Gasteiger partial charge in [-0.1, -0.05) is 30.3 Å². The van der Waals surface area contributed by atoms with E-state index in [2.05, 4.69) is 18.3 Å². The van der Waals surface area contributed by atoms with E-state index in [1.807, 2.05) is 61.5 Å². The van der Waals surface area contributed by atoms with E-state index in [1.165, 1.54) is 0 Å². The molecule has 3 aromatic carbocycles. The molecule has 2 N–H and O–H groups in total. The lowest BCUT2D eigenvalue weighted by Crippen LogP contribution is -2.12. The fourth-order valence-corrected chi connectivity index (χ4v) is 4.35.